The Balaban J connectivity index is 1.79. The van der Waals surface area contributed by atoms with Crippen molar-refractivity contribution in [1.29, 1.82) is 0 Å². The average molecular weight is 466 g/mol. The minimum atomic E-state index is -0.537. The molecule has 0 amide bonds. The van der Waals surface area contributed by atoms with Crippen LogP contribution in [0.5, 0.6) is 11.5 Å². The first-order valence-electron chi connectivity index (χ1n) is 11.7. The summed E-state index contributed by atoms with van der Waals surface area (Å²) in [5, 5.41) is 11.0. The Hall–Kier alpha value is -3.16. The summed E-state index contributed by atoms with van der Waals surface area (Å²) in [6.07, 6.45) is 0. The van der Waals surface area contributed by atoms with Crippen molar-refractivity contribution in [3.8, 4) is 11.5 Å². The smallest absolute Gasteiger partial charge is 0.259 e. The van der Waals surface area contributed by atoms with Crippen molar-refractivity contribution in [2.75, 3.05) is 39.8 Å². The van der Waals surface area contributed by atoms with Crippen molar-refractivity contribution >= 4 is 0 Å². The molecule has 4 rings (SSSR count). The fraction of sp³-hybridized carbons (Fsp3) is 0.370. The Kier molecular flexibility index (Phi) is 7.34. The average Bonchev–Trinajstić information content (AvgIpc) is 2.85. The normalized spacial score (nSPS) is 15.9. The monoisotopic (exact) mass is 465 g/mol. The predicted molar refractivity (Wildman–Crippen MR) is 131 cm³/mol. The van der Waals surface area contributed by atoms with Crippen LogP contribution >= 0.6 is 0 Å². The van der Waals surface area contributed by atoms with Crippen LogP contribution in [0, 0.1) is 12.7 Å². The Morgan fingerprint density at radius 2 is 1.76 bits per heavy atom. The minimum Gasteiger partial charge on any atom is -0.507 e. The van der Waals surface area contributed by atoms with Gasteiger partial charge < -0.3 is 19.3 Å². The molecule has 1 unspecified atom stereocenters. The number of methoxy groups -OCH3 is 1. The second kappa shape index (κ2) is 10.4. The van der Waals surface area contributed by atoms with Crippen LogP contribution < -0.4 is 10.3 Å². The van der Waals surface area contributed by atoms with Gasteiger partial charge in [-0.15, -0.1) is 0 Å². The number of halogens is 1. The van der Waals surface area contributed by atoms with E-state index in [1.807, 2.05) is 37.3 Å². The third kappa shape index (κ3) is 5.00. The fourth-order valence-electron chi connectivity index (χ4n) is 4.71. The molecule has 0 aliphatic carbocycles. The van der Waals surface area contributed by atoms with Gasteiger partial charge in [-0.2, -0.15) is 0 Å². The van der Waals surface area contributed by atoms with Crippen molar-refractivity contribution < 1.29 is 14.2 Å². The first kappa shape index (κ1) is 24.0. The highest BCUT2D eigenvalue weighted by Crippen LogP contribution is 2.33. The number of hydrogen-bond donors (Lipinski definition) is 1. The number of aryl methyl sites for hydroxylation is 1. The molecule has 1 aliphatic heterocycles. The van der Waals surface area contributed by atoms with E-state index in [1.165, 1.54) is 12.1 Å². The summed E-state index contributed by atoms with van der Waals surface area (Å²) in [6.45, 7) is 8.42. The molecule has 34 heavy (non-hydrogen) atoms. The maximum atomic E-state index is 14.2. The third-order valence-corrected chi connectivity index (χ3v) is 6.68. The molecule has 1 aliphatic rings. The van der Waals surface area contributed by atoms with E-state index in [0.29, 0.717) is 17.8 Å². The second-order valence-electron chi connectivity index (χ2n) is 8.75. The van der Waals surface area contributed by atoms with Crippen LogP contribution in [0.15, 0.2) is 59.4 Å². The summed E-state index contributed by atoms with van der Waals surface area (Å²) in [6, 6.07) is 15.0. The maximum absolute atomic E-state index is 14.2. The zero-order valence-electron chi connectivity index (χ0n) is 20.0. The highest BCUT2D eigenvalue weighted by Gasteiger charge is 2.31. The van der Waals surface area contributed by atoms with E-state index in [1.54, 1.807) is 23.8 Å². The third-order valence-electron chi connectivity index (χ3n) is 6.68. The van der Waals surface area contributed by atoms with Crippen molar-refractivity contribution in [2.24, 2.45) is 0 Å². The molecule has 1 aromatic heterocycles. The molecular formula is C27H32FN3O3. The lowest BCUT2D eigenvalue weighted by molar-refractivity contribution is 0.111. The Bertz CT molecular complexity index is 1180. The largest absolute Gasteiger partial charge is 0.507 e. The standard InChI is InChI=1S/C27H32FN3O3/c1-4-29-12-14-30(15-13-29)26(21-6-5-7-22(28)17-21)25-24(32)16-19(2)31(27(25)33)18-20-8-10-23(34-3)11-9-20/h5-11,16-17,26,32H,4,12-15,18H2,1-3H3. The molecule has 0 spiro atoms. The first-order valence-corrected chi connectivity index (χ1v) is 11.7. The van der Waals surface area contributed by atoms with Crippen LogP contribution in [-0.2, 0) is 6.54 Å². The number of hydrogen-bond acceptors (Lipinski definition) is 5. The number of aromatic hydroxyl groups is 1. The van der Waals surface area contributed by atoms with Gasteiger partial charge in [0.25, 0.3) is 5.56 Å². The van der Waals surface area contributed by atoms with E-state index < -0.39 is 6.04 Å². The molecule has 1 fully saturated rings. The number of piperazine rings is 1. The van der Waals surface area contributed by atoms with Gasteiger partial charge in [0.05, 0.1) is 25.3 Å². The van der Waals surface area contributed by atoms with Crippen molar-refractivity contribution in [3.63, 3.8) is 0 Å². The molecule has 1 saturated heterocycles. The fourth-order valence-corrected chi connectivity index (χ4v) is 4.71. The summed E-state index contributed by atoms with van der Waals surface area (Å²) < 4.78 is 21.1. The summed E-state index contributed by atoms with van der Waals surface area (Å²) >= 11 is 0. The maximum Gasteiger partial charge on any atom is 0.259 e. The summed E-state index contributed by atoms with van der Waals surface area (Å²) in [7, 11) is 1.61. The predicted octanol–water partition coefficient (Wildman–Crippen LogP) is 3.79. The first-order chi connectivity index (χ1) is 16.4. The zero-order valence-corrected chi connectivity index (χ0v) is 20.0. The molecule has 1 atom stereocenters. The molecule has 1 N–H and O–H groups in total. The summed E-state index contributed by atoms with van der Waals surface area (Å²) in [5.41, 5.74) is 2.30. The van der Waals surface area contributed by atoms with Crippen molar-refractivity contribution in [3.05, 3.63) is 93.2 Å². The van der Waals surface area contributed by atoms with E-state index in [9.17, 15) is 14.3 Å². The van der Waals surface area contributed by atoms with Crippen LogP contribution in [0.4, 0.5) is 4.39 Å². The van der Waals surface area contributed by atoms with Gasteiger partial charge in [-0.3, -0.25) is 9.69 Å². The molecule has 180 valence electrons. The van der Waals surface area contributed by atoms with Crippen LogP contribution in [0.1, 0.15) is 35.3 Å². The Morgan fingerprint density at radius 3 is 2.38 bits per heavy atom. The number of likely N-dealkylation sites (N-methyl/N-ethyl adjacent to an activating group) is 1. The lowest BCUT2D eigenvalue weighted by Crippen LogP contribution is -2.48. The number of pyridine rings is 1. The topological polar surface area (TPSA) is 57.9 Å². The van der Waals surface area contributed by atoms with Crippen LogP contribution in [-0.4, -0.2) is 59.3 Å². The molecule has 0 radical (unpaired) electrons. The SMILES string of the molecule is CCN1CCN(C(c2cccc(F)c2)c2c(O)cc(C)n(Cc3ccc(OC)cc3)c2=O)CC1. The minimum absolute atomic E-state index is 0.0549. The van der Waals surface area contributed by atoms with Crippen LogP contribution in [0.3, 0.4) is 0 Å². The molecule has 0 bridgehead atoms. The van der Waals surface area contributed by atoms with Crippen LogP contribution in [0.2, 0.25) is 0 Å². The van der Waals surface area contributed by atoms with E-state index in [4.69, 9.17) is 4.74 Å². The molecule has 7 heteroatoms. The molecule has 3 aromatic rings. The quantitative estimate of drug-likeness (QED) is 0.576. The second-order valence-corrected chi connectivity index (χ2v) is 8.75. The van der Waals surface area contributed by atoms with Gasteiger partial charge in [0, 0.05) is 31.9 Å². The highest BCUT2D eigenvalue weighted by molar-refractivity contribution is 5.41. The Labute approximate surface area is 199 Å². The number of benzene rings is 2. The number of rotatable bonds is 7. The summed E-state index contributed by atoms with van der Waals surface area (Å²) in [4.78, 5) is 18.4. The molecule has 2 heterocycles. The van der Waals surface area contributed by atoms with Crippen molar-refractivity contribution in [2.45, 2.75) is 26.4 Å². The van der Waals surface area contributed by atoms with E-state index in [-0.39, 0.29) is 22.7 Å². The van der Waals surface area contributed by atoms with Gasteiger partial charge in [0.1, 0.15) is 17.3 Å². The van der Waals surface area contributed by atoms with Gasteiger partial charge in [0.15, 0.2) is 0 Å². The molecule has 6 nitrogen and oxygen atoms in total. The van der Waals surface area contributed by atoms with Gasteiger partial charge in [0.2, 0.25) is 0 Å². The molecule has 0 saturated carbocycles. The van der Waals surface area contributed by atoms with Gasteiger partial charge in [-0.05, 0) is 54.9 Å². The van der Waals surface area contributed by atoms with E-state index >= 15 is 0 Å². The number of nitrogens with zero attached hydrogens (tertiary/aromatic N) is 3. The van der Waals surface area contributed by atoms with E-state index in [0.717, 1.165) is 44.0 Å². The highest BCUT2D eigenvalue weighted by atomic mass is 19.1. The molecule has 2 aromatic carbocycles. The number of aromatic nitrogens is 1. The molecular weight excluding hydrogens is 433 g/mol. The van der Waals surface area contributed by atoms with Crippen molar-refractivity contribution in [1.82, 2.24) is 14.4 Å². The van der Waals surface area contributed by atoms with E-state index in [2.05, 4.69) is 16.7 Å². The Morgan fingerprint density at radius 1 is 1.06 bits per heavy atom. The van der Waals surface area contributed by atoms with Crippen LogP contribution in [0.25, 0.3) is 0 Å². The number of ether oxygens (including phenoxy) is 1. The lowest BCUT2D eigenvalue weighted by atomic mass is 9.95. The summed E-state index contributed by atoms with van der Waals surface area (Å²) in [5.74, 6) is 0.331. The van der Waals surface area contributed by atoms with Gasteiger partial charge in [-0.1, -0.05) is 31.2 Å². The zero-order chi connectivity index (χ0) is 24.2. The van der Waals surface area contributed by atoms with Gasteiger partial charge >= 0.3 is 0 Å². The lowest BCUT2D eigenvalue weighted by Gasteiger charge is -2.39. The van der Waals surface area contributed by atoms with Gasteiger partial charge in [-0.25, -0.2) is 4.39 Å².